The van der Waals surface area contributed by atoms with Crippen molar-refractivity contribution in [2.75, 3.05) is 13.1 Å². The third kappa shape index (κ3) is 2.70. The monoisotopic (exact) mass is 317 g/mol. The van der Waals surface area contributed by atoms with Crippen LogP contribution in [0, 0.1) is 13.8 Å². The van der Waals surface area contributed by atoms with Crippen molar-refractivity contribution in [3.05, 3.63) is 39.3 Å². The summed E-state index contributed by atoms with van der Waals surface area (Å²) in [5, 5.41) is 4.52. The van der Waals surface area contributed by atoms with Crippen LogP contribution in [0.1, 0.15) is 50.1 Å². The SMILES string of the molecule is CC(=O)c1ccc(C(=O)N2CC[C@@H](n3nc(C)cc3C)C2)s1. The van der Waals surface area contributed by atoms with Crippen LogP contribution in [0.25, 0.3) is 0 Å². The number of ketones is 1. The summed E-state index contributed by atoms with van der Waals surface area (Å²) in [7, 11) is 0. The van der Waals surface area contributed by atoms with E-state index in [0.29, 0.717) is 16.3 Å². The predicted molar refractivity (Wildman–Crippen MR) is 85.6 cm³/mol. The van der Waals surface area contributed by atoms with Crippen LogP contribution in [-0.4, -0.2) is 39.5 Å². The van der Waals surface area contributed by atoms with Crippen molar-refractivity contribution in [3.63, 3.8) is 0 Å². The third-order valence-electron chi connectivity index (χ3n) is 4.00. The van der Waals surface area contributed by atoms with Crippen LogP contribution in [0.15, 0.2) is 18.2 Å². The largest absolute Gasteiger partial charge is 0.336 e. The molecule has 2 aromatic rings. The van der Waals surface area contributed by atoms with Crippen LogP contribution in [0.2, 0.25) is 0 Å². The lowest BCUT2D eigenvalue weighted by Gasteiger charge is -2.16. The van der Waals surface area contributed by atoms with Crippen LogP contribution in [0.3, 0.4) is 0 Å². The number of aryl methyl sites for hydroxylation is 2. The Bertz CT molecular complexity index is 732. The first-order chi connectivity index (χ1) is 10.5. The minimum Gasteiger partial charge on any atom is -0.336 e. The molecule has 0 radical (unpaired) electrons. The smallest absolute Gasteiger partial charge is 0.264 e. The van der Waals surface area contributed by atoms with E-state index >= 15 is 0 Å². The number of likely N-dealkylation sites (tertiary alicyclic amines) is 1. The topological polar surface area (TPSA) is 55.2 Å². The zero-order chi connectivity index (χ0) is 15.9. The van der Waals surface area contributed by atoms with Crippen LogP contribution < -0.4 is 0 Å². The van der Waals surface area contributed by atoms with Gasteiger partial charge < -0.3 is 4.90 Å². The molecule has 5 nitrogen and oxygen atoms in total. The van der Waals surface area contributed by atoms with E-state index < -0.39 is 0 Å². The Kier molecular flexibility index (Phi) is 3.87. The molecule has 116 valence electrons. The van der Waals surface area contributed by atoms with Gasteiger partial charge in [0.25, 0.3) is 5.91 Å². The molecular formula is C16H19N3O2S. The van der Waals surface area contributed by atoms with Gasteiger partial charge >= 0.3 is 0 Å². The average molecular weight is 317 g/mol. The highest BCUT2D eigenvalue weighted by Gasteiger charge is 2.30. The standard InChI is InChI=1S/C16H19N3O2S/c1-10-8-11(2)19(17-10)13-6-7-18(9-13)16(21)15-5-4-14(22-15)12(3)20/h4-5,8,13H,6-7,9H2,1-3H3/t13-/m1/s1. The van der Waals surface area contributed by atoms with E-state index in [1.54, 1.807) is 12.1 Å². The molecule has 1 aliphatic rings. The molecule has 0 bridgehead atoms. The van der Waals surface area contributed by atoms with Gasteiger partial charge in [0.1, 0.15) is 0 Å². The van der Waals surface area contributed by atoms with Gasteiger partial charge in [0.15, 0.2) is 5.78 Å². The summed E-state index contributed by atoms with van der Waals surface area (Å²) < 4.78 is 2.03. The Hall–Kier alpha value is -1.95. The van der Waals surface area contributed by atoms with Gasteiger partial charge in [-0.2, -0.15) is 5.10 Å². The summed E-state index contributed by atoms with van der Waals surface area (Å²) in [6.07, 6.45) is 0.915. The van der Waals surface area contributed by atoms with E-state index in [2.05, 4.69) is 11.2 Å². The molecule has 1 fully saturated rings. The summed E-state index contributed by atoms with van der Waals surface area (Å²) in [5.41, 5.74) is 2.14. The molecule has 6 heteroatoms. The number of Topliss-reactive ketones (excluding diaryl/α,β-unsaturated/α-hetero) is 1. The van der Waals surface area contributed by atoms with Crippen molar-refractivity contribution in [1.29, 1.82) is 0 Å². The molecule has 2 aromatic heterocycles. The molecule has 3 heterocycles. The van der Waals surface area contributed by atoms with Crippen molar-refractivity contribution in [2.24, 2.45) is 0 Å². The first-order valence-corrected chi connectivity index (χ1v) is 8.20. The fraction of sp³-hybridized carbons (Fsp3) is 0.438. The third-order valence-corrected chi connectivity index (χ3v) is 5.18. The minimum absolute atomic E-state index is 0.00555. The lowest BCUT2D eigenvalue weighted by molar-refractivity contribution is 0.0791. The van der Waals surface area contributed by atoms with Gasteiger partial charge in [0, 0.05) is 18.8 Å². The molecule has 1 aliphatic heterocycles. The molecule has 0 saturated carbocycles. The quantitative estimate of drug-likeness (QED) is 0.818. The second-order valence-corrected chi connectivity index (χ2v) is 6.87. The van der Waals surface area contributed by atoms with E-state index in [1.807, 2.05) is 23.4 Å². The Morgan fingerprint density at radius 2 is 2.00 bits per heavy atom. The van der Waals surface area contributed by atoms with Crippen molar-refractivity contribution in [1.82, 2.24) is 14.7 Å². The van der Waals surface area contributed by atoms with Crippen molar-refractivity contribution < 1.29 is 9.59 Å². The number of hydrogen-bond acceptors (Lipinski definition) is 4. The summed E-state index contributed by atoms with van der Waals surface area (Å²) in [4.78, 5) is 27.0. The van der Waals surface area contributed by atoms with E-state index in [-0.39, 0.29) is 17.7 Å². The second kappa shape index (κ2) is 5.68. The Labute approximate surface area is 133 Å². The highest BCUT2D eigenvalue weighted by Crippen LogP contribution is 2.26. The molecule has 0 N–H and O–H groups in total. The molecule has 1 amide bonds. The maximum atomic E-state index is 12.5. The number of amides is 1. The maximum absolute atomic E-state index is 12.5. The molecule has 22 heavy (non-hydrogen) atoms. The molecule has 0 aliphatic carbocycles. The Morgan fingerprint density at radius 1 is 1.27 bits per heavy atom. The highest BCUT2D eigenvalue weighted by molar-refractivity contribution is 7.15. The summed E-state index contributed by atoms with van der Waals surface area (Å²) in [6, 6.07) is 5.78. The first-order valence-electron chi connectivity index (χ1n) is 7.38. The molecule has 0 aromatic carbocycles. The van der Waals surface area contributed by atoms with Crippen molar-refractivity contribution >= 4 is 23.0 Å². The predicted octanol–water partition coefficient (Wildman–Crippen LogP) is 2.85. The van der Waals surface area contributed by atoms with Crippen LogP contribution >= 0.6 is 11.3 Å². The highest BCUT2D eigenvalue weighted by atomic mass is 32.1. The number of carbonyl (C=O) groups is 2. The Balaban J connectivity index is 1.73. The van der Waals surface area contributed by atoms with Gasteiger partial charge in [-0.05, 0) is 45.4 Å². The van der Waals surface area contributed by atoms with Gasteiger partial charge in [-0.3, -0.25) is 14.3 Å². The normalized spacial score (nSPS) is 18.0. The van der Waals surface area contributed by atoms with E-state index in [4.69, 9.17) is 0 Å². The van der Waals surface area contributed by atoms with Gasteiger partial charge in [0.05, 0.1) is 21.5 Å². The fourth-order valence-electron chi connectivity index (χ4n) is 2.94. The van der Waals surface area contributed by atoms with Gasteiger partial charge in [0.2, 0.25) is 0 Å². The summed E-state index contributed by atoms with van der Waals surface area (Å²) >= 11 is 1.28. The fourth-order valence-corrected chi connectivity index (χ4v) is 3.81. The molecule has 1 atom stereocenters. The number of carbonyl (C=O) groups excluding carboxylic acids is 2. The summed E-state index contributed by atoms with van der Waals surface area (Å²) in [6.45, 7) is 6.96. The zero-order valence-corrected chi connectivity index (χ0v) is 13.8. The molecule has 0 unspecified atom stereocenters. The molecule has 3 rings (SSSR count). The Morgan fingerprint density at radius 3 is 2.59 bits per heavy atom. The van der Waals surface area contributed by atoms with Crippen LogP contribution in [-0.2, 0) is 0 Å². The second-order valence-electron chi connectivity index (χ2n) is 5.79. The van der Waals surface area contributed by atoms with Crippen molar-refractivity contribution in [3.8, 4) is 0 Å². The maximum Gasteiger partial charge on any atom is 0.264 e. The zero-order valence-electron chi connectivity index (χ0n) is 13.0. The number of nitrogens with zero attached hydrogens (tertiary/aromatic N) is 3. The number of hydrogen-bond donors (Lipinski definition) is 0. The average Bonchev–Trinajstić information content (AvgIpc) is 3.16. The number of rotatable bonds is 3. The summed E-state index contributed by atoms with van der Waals surface area (Å²) in [5.74, 6) is 0.0209. The van der Waals surface area contributed by atoms with Crippen LogP contribution in [0.4, 0.5) is 0 Å². The van der Waals surface area contributed by atoms with E-state index in [1.165, 1.54) is 18.3 Å². The van der Waals surface area contributed by atoms with E-state index in [9.17, 15) is 9.59 Å². The number of aromatic nitrogens is 2. The van der Waals surface area contributed by atoms with Gasteiger partial charge in [-0.25, -0.2) is 0 Å². The molecule has 1 saturated heterocycles. The van der Waals surface area contributed by atoms with Crippen LogP contribution in [0.5, 0.6) is 0 Å². The molecule has 0 spiro atoms. The first kappa shape index (κ1) is 15.0. The van der Waals surface area contributed by atoms with Gasteiger partial charge in [-0.1, -0.05) is 0 Å². The number of thiophene rings is 1. The van der Waals surface area contributed by atoms with Crippen molar-refractivity contribution in [2.45, 2.75) is 33.2 Å². The van der Waals surface area contributed by atoms with Gasteiger partial charge in [-0.15, -0.1) is 11.3 Å². The lowest BCUT2D eigenvalue weighted by Crippen LogP contribution is -2.28. The lowest BCUT2D eigenvalue weighted by atomic mass is 10.2. The van der Waals surface area contributed by atoms with E-state index in [0.717, 1.165) is 24.4 Å². The molecular weight excluding hydrogens is 298 g/mol. The minimum atomic E-state index is 0.00555.